The van der Waals surface area contributed by atoms with Crippen LogP contribution in [0.25, 0.3) is 0 Å². The molecule has 2 unspecified atom stereocenters. The molecular formula is C14H16BrNS. The Labute approximate surface area is 115 Å². The molecule has 0 amide bonds. The molecule has 3 heteroatoms. The molecule has 90 valence electrons. The van der Waals surface area contributed by atoms with Crippen LogP contribution in [-0.4, -0.2) is 4.98 Å². The molecule has 0 radical (unpaired) electrons. The zero-order valence-electron chi connectivity index (χ0n) is 10.3. The van der Waals surface area contributed by atoms with Crippen LogP contribution < -0.4 is 0 Å². The van der Waals surface area contributed by atoms with Gasteiger partial charge in [0.15, 0.2) is 0 Å². The summed E-state index contributed by atoms with van der Waals surface area (Å²) in [5.74, 6) is 0.383. The standard InChI is InChI=1S/C14H16BrNS/c1-9-8-13(17-11(9)3)14(15)10(2)12-6-4-5-7-16-12/h4-8,10,14H,1-3H3. The predicted molar refractivity (Wildman–Crippen MR) is 78.1 cm³/mol. The van der Waals surface area contributed by atoms with E-state index in [2.05, 4.69) is 53.8 Å². The fraction of sp³-hybridized carbons (Fsp3) is 0.357. The highest BCUT2D eigenvalue weighted by atomic mass is 79.9. The molecule has 2 aromatic heterocycles. The van der Waals surface area contributed by atoms with Crippen molar-refractivity contribution in [1.29, 1.82) is 0 Å². The van der Waals surface area contributed by atoms with E-state index in [1.54, 1.807) is 0 Å². The number of aromatic nitrogens is 1. The number of hydrogen-bond donors (Lipinski definition) is 0. The van der Waals surface area contributed by atoms with Gasteiger partial charge in [0.2, 0.25) is 0 Å². The Kier molecular flexibility index (Phi) is 4.00. The molecule has 0 N–H and O–H groups in total. The summed E-state index contributed by atoms with van der Waals surface area (Å²) in [6.45, 7) is 6.56. The zero-order valence-corrected chi connectivity index (χ0v) is 12.7. The molecule has 0 fully saturated rings. The predicted octanol–water partition coefficient (Wildman–Crippen LogP) is 5.00. The largest absolute Gasteiger partial charge is 0.261 e. The van der Waals surface area contributed by atoms with E-state index >= 15 is 0 Å². The lowest BCUT2D eigenvalue weighted by molar-refractivity contribution is 0.732. The van der Waals surface area contributed by atoms with Gasteiger partial charge in [-0.3, -0.25) is 4.98 Å². The van der Waals surface area contributed by atoms with Gasteiger partial charge in [-0.25, -0.2) is 0 Å². The first-order valence-electron chi connectivity index (χ1n) is 5.71. The van der Waals surface area contributed by atoms with E-state index in [9.17, 15) is 0 Å². The molecule has 0 aliphatic carbocycles. The van der Waals surface area contributed by atoms with Gasteiger partial charge in [-0.05, 0) is 37.6 Å². The van der Waals surface area contributed by atoms with Crippen molar-refractivity contribution in [2.24, 2.45) is 0 Å². The van der Waals surface area contributed by atoms with Crippen molar-refractivity contribution in [3.05, 3.63) is 51.5 Å². The van der Waals surface area contributed by atoms with Crippen LogP contribution in [-0.2, 0) is 0 Å². The fourth-order valence-electron chi connectivity index (χ4n) is 1.78. The fourth-order valence-corrected chi connectivity index (χ4v) is 3.59. The number of pyridine rings is 1. The summed E-state index contributed by atoms with van der Waals surface area (Å²) < 4.78 is 0. The van der Waals surface area contributed by atoms with Gasteiger partial charge >= 0.3 is 0 Å². The van der Waals surface area contributed by atoms with E-state index in [1.165, 1.54) is 15.3 Å². The first-order valence-corrected chi connectivity index (χ1v) is 7.44. The molecule has 2 heterocycles. The van der Waals surface area contributed by atoms with Gasteiger partial charge in [-0.15, -0.1) is 11.3 Å². The number of alkyl halides is 1. The Morgan fingerprint density at radius 2 is 2.06 bits per heavy atom. The van der Waals surface area contributed by atoms with Crippen molar-refractivity contribution in [3.63, 3.8) is 0 Å². The Bertz CT molecular complexity index is 473. The molecule has 17 heavy (non-hydrogen) atoms. The Morgan fingerprint density at radius 3 is 2.59 bits per heavy atom. The topological polar surface area (TPSA) is 12.9 Å². The number of hydrogen-bond acceptors (Lipinski definition) is 2. The lowest BCUT2D eigenvalue weighted by Crippen LogP contribution is -2.02. The third-order valence-corrected chi connectivity index (χ3v) is 5.88. The number of thiophene rings is 1. The first-order chi connectivity index (χ1) is 8.09. The van der Waals surface area contributed by atoms with Gasteiger partial charge in [-0.2, -0.15) is 0 Å². The second-order valence-electron chi connectivity index (χ2n) is 4.33. The van der Waals surface area contributed by atoms with Crippen LogP contribution in [0.1, 0.15) is 38.7 Å². The first kappa shape index (κ1) is 12.8. The van der Waals surface area contributed by atoms with Crippen molar-refractivity contribution in [3.8, 4) is 0 Å². The summed E-state index contributed by atoms with van der Waals surface area (Å²) in [5, 5.41) is 0. The van der Waals surface area contributed by atoms with Crippen molar-refractivity contribution in [2.45, 2.75) is 31.5 Å². The van der Waals surface area contributed by atoms with Crippen molar-refractivity contribution < 1.29 is 0 Å². The van der Waals surface area contributed by atoms with Crippen molar-refractivity contribution in [2.75, 3.05) is 0 Å². The number of nitrogens with zero attached hydrogens (tertiary/aromatic N) is 1. The van der Waals surface area contributed by atoms with Crippen LogP contribution in [0.5, 0.6) is 0 Å². The molecule has 0 aliphatic rings. The molecule has 0 aliphatic heterocycles. The van der Waals surface area contributed by atoms with Crippen molar-refractivity contribution >= 4 is 27.3 Å². The van der Waals surface area contributed by atoms with Crippen LogP contribution in [0, 0.1) is 13.8 Å². The van der Waals surface area contributed by atoms with Crippen molar-refractivity contribution in [1.82, 2.24) is 4.98 Å². The van der Waals surface area contributed by atoms with Crippen LogP contribution in [0.2, 0.25) is 0 Å². The lowest BCUT2D eigenvalue weighted by atomic mass is 10.0. The van der Waals surface area contributed by atoms with Crippen LogP contribution in [0.3, 0.4) is 0 Å². The average Bonchev–Trinajstić information content (AvgIpc) is 2.69. The molecule has 2 aromatic rings. The Hall–Kier alpha value is -0.670. The third kappa shape index (κ3) is 2.78. The minimum absolute atomic E-state index is 0.342. The maximum Gasteiger partial charge on any atom is 0.0570 e. The molecule has 0 saturated carbocycles. The summed E-state index contributed by atoms with van der Waals surface area (Å²) in [7, 11) is 0. The highest BCUT2D eigenvalue weighted by Crippen LogP contribution is 2.40. The second-order valence-corrected chi connectivity index (χ2v) is 6.61. The van der Waals surface area contributed by atoms with E-state index in [1.807, 2.05) is 29.7 Å². The van der Waals surface area contributed by atoms with E-state index in [4.69, 9.17) is 0 Å². The van der Waals surface area contributed by atoms with E-state index in [-0.39, 0.29) is 0 Å². The van der Waals surface area contributed by atoms with Gasteiger partial charge in [0.05, 0.1) is 4.83 Å². The summed E-state index contributed by atoms with van der Waals surface area (Å²) >= 11 is 5.68. The van der Waals surface area contributed by atoms with Gasteiger partial charge < -0.3 is 0 Å². The monoisotopic (exact) mass is 309 g/mol. The average molecular weight is 310 g/mol. The molecule has 2 rings (SSSR count). The second kappa shape index (κ2) is 5.32. The Morgan fingerprint density at radius 1 is 1.29 bits per heavy atom. The molecule has 2 atom stereocenters. The third-order valence-electron chi connectivity index (χ3n) is 3.05. The maximum atomic E-state index is 4.43. The van der Waals surface area contributed by atoms with Crippen LogP contribution >= 0.6 is 27.3 Å². The number of aryl methyl sites for hydroxylation is 2. The summed E-state index contributed by atoms with van der Waals surface area (Å²) in [4.78, 5) is 7.56. The van der Waals surface area contributed by atoms with Gasteiger partial charge in [0.1, 0.15) is 0 Å². The van der Waals surface area contributed by atoms with E-state index < -0.39 is 0 Å². The highest BCUT2D eigenvalue weighted by molar-refractivity contribution is 9.09. The minimum atomic E-state index is 0.342. The summed E-state index contributed by atoms with van der Waals surface area (Å²) in [6.07, 6.45) is 1.86. The lowest BCUT2D eigenvalue weighted by Gasteiger charge is -2.16. The SMILES string of the molecule is Cc1cc(C(Br)C(C)c2ccccn2)sc1C. The Balaban J connectivity index is 2.23. The minimum Gasteiger partial charge on any atom is -0.261 e. The summed E-state index contributed by atoms with van der Waals surface area (Å²) in [6, 6.07) is 8.37. The number of halogens is 1. The normalized spacial score (nSPS) is 14.6. The quantitative estimate of drug-likeness (QED) is 0.727. The van der Waals surface area contributed by atoms with Crippen LogP contribution in [0.4, 0.5) is 0 Å². The van der Waals surface area contributed by atoms with E-state index in [0.29, 0.717) is 10.7 Å². The molecule has 0 saturated heterocycles. The smallest absolute Gasteiger partial charge is 0.0570 e. The van der Waals surface area contributed by atoms with E-state index in [0.717, 1.165) is 5.69 Å². The molecule has 0 bridgehead atoms. The van der Waals surface area contributed by atoms with Crippen LogP contribution in [0.15, 0.2) is 30.5 Å². The molecule has 0 aromatic carbocycles. The zero-order chi connectivity index (χ0) is 12.4. The van der Waals surface area contributed by atoms with Gasteiger partial charge in [0.25, 0.3) is 0 Å². The molecule has 1 nitrogen and oxygen atoms in total. The summed E-state index contributed by atoms with van der Waals surface area (Å²) in [5.41, 5.74) is 2.51. The molecule has 0 spiro atoms. The maximum absolute atomic E-state index is 4.43. The van der Waals surface area contributed by atoms with Gasteiger partial charge in [-0.1, -0.05) is 28.9 Å². The van der Waals surface area contributed by atoms with Gasteiger partial charge in [0, 0.05) is 27.6 Å². The highest BCUT2D eigenvalue weighted by Gasteiger charge is 2.20. The molecular weight excluding hydrogens is 294 g/mol. The number of rotatable bonds is 3.